The fraction of sp³-hybridized carbons (Fsp3) is 0.556. The molecule has 1 heterocycles. The van der Waals surface area contributed by atoms with Crippen molar-refractivity contribution < 1.29 is 10.0 Å². The average Bonchev–Trinajstić information content (AvgIpc) is 2.85. The third-order valence-electron chi connectivity index (χ3n) is 2.62. The van der Waals surface area contributed by atoms with Crippen LogP contribution < -0.4 is 5.32 Å². The van der Waals surface area contributed by atoms with Gasteiger partial charge in [0.15, 0.2) is 0 Å². The summed E-state index contributed by atoms with van der Waals surface area (Å²) in [5.41, 5.74) is -0.112. The van der Waals surface area contributed by atoms with E-state index in [4.69, 9.17) is 5.11 Å². The molecule has 0 spiro atoms. The van der Waals surface area contributed by atoms with E-state index in [2.05, 4.69) is 5.32 Å². The minimum atomic E-state index is -0.382. The monoisotopic (exact) mass is 228 g/mol. The summed E-state index contributed by atoms with van der Waals surface area (Å²) < 4.78 is 0. The SMILES string of the molecule is O=[N+]([O-])c1ccc(CNC2(CO)CC2)s1. The summed E-state index contributed by atoms with van der Waals surface area (Å²) in [5, 5.41) is 22.9. The second kappa shape index (κ2) is 3.88. The standard InChI is InChI=1S/C9H12N2O3S/c12-6-9(3-4-9)10-5-7-1-2-8(15-7)11(13)14/h1-2,10,12H,3-6H2. The highest BCUT2D eigenvalue weighted by Crippen LogP contribution is 2.35. The van der Waals surface area contributed by atoms with Gasteiger partial charge in [0.1, 0.15) is 0 Å². The maximum atomic E-state index is 10.4. The Morgan fingerprint density at radius 3 is 2.80 bits per heavy atom. The lowest BCUT2D eigenvalue weighted by Gasteiger charge is -2.12. The first-order valence-electron chi connectivity index (χ1n) is 4.74. The Morgan fingerprint density at radius 2 is 2.33 bits per heavy atom. The summed E-state index contributed by atoms with van der Waals surface area (Å²) in [4.78, 5) is 11.0. The van der Waals surface area contributed by atoms with Gasteiger partial charge in [-0.1, -0.05) is 11.3 Å². The molecule has 0 atom stereocenters. The molecule has 0 amide bonds. The zero-order valence-electron chi connectivity index (χ0n) is 8.10. The van der Waals surface area contributed by atoms with Crippen molar-refractivity contribution in [3.05, 3.63) is 27.1 Å². The van der Waals surface area contributed by atoms with Crippen LogP contribution in [0.4, 0.5) is 5.00 Å². The molecule has 0 unspecified atom stereocenters. The summed E-state index contributed by atoms with van der Waals surface area (Å²) in [6, 6.07) is 3.27. The molecule has 1 aromatic rings. The first-order valence-corrected chi connectivity index (χ1v) is 5.56. The van der Waals surface area contributed by atoms with Gasteiger partial charge < -0.3 is 10.4 Å². The summed E-state index contributed by atoms with van der Waals surface area (Å²) in [5.74, 6) is 0. The van der Waals surface area contributed by atoms with Crippen LogP contribution in [-0.2, 0) is 6.54 Å². The van der Waals surface area contributed by atoms with Gasteiger partial charge in [0.2, 0.25) is 0 Å². The minimum Gasteiger partial charge on any atom is -0.394 e. The quantitative estimate of drug-likeness (QED) is 0.588. The third kappa shape index (κ3) is 2.34. The van der Waals surface area contributed by atoms with Crippen LogP contribution in [0.15, 0.2) is 12.1 Å². The van der Waals surface area contributed by atoms with Gasteiger partial charge in [-0.05, 0) is 18.9 Å². The van der Waals surface area contributed by atoms with Gasteiger partial charge in [-0.25, -0.2) is 0 Å². The van der Waals surface area contributed by atoms with E-state index in [-0.39, 0.29) is 22.1 Å². The fourth-order valence-corrected chi connectivity index (χ4v) is 2.14. The van der Waals surface area contributed by atoms with Gasteiger partial charge in [0, 0.05) is 23.0 Å². The largest absolute Gasteiger partial charge is 0.394 e. The normalized spacial score (nSPS) is 17.7. The molecule has 82 valence electrons. The van der Waals surface area contributed by atoms with Gasteiger partial charge in [-0.15, -0.1) is 0 Å². The Bertz CT molecular complexity index is 373. The van der Waals surface area contributed by atoms with Gasteiger partial charge in [-0.2, -0.15) is 0 Å². The molecule has 1 aromatic heterocycles. The highest BCUT2D eigenvalue weighted by atomic mass is 32.1. The number of aliphatic hydroxyl groups excluding tert-OH is 1. The van der Waals surface area contributed by atoms with Gasteiger partial charge >= 0.3 is 5.00 Å². The smallest absolute Gasteiger partial charge is 0.324 e. The zero-order valence-corrected chi connectivity index (χ0v) is 8.92. The average molecular weight is 228 g/mol. The van der Waals surface area contributed by atoms with Crippen molar-refractivity contribution >= 4 is 16.3 Å². The number of nitrogens with zero attached hydrogens (tertiary/aromatic N) is 1. The molecule has 0 saturated heterocycles. The fourth-order valence-electron chi connectivity index (χ4n) is 1.38. The van der Waals surface area contributed by atoms with Crippen molar-refractivity contribution in [1.82, 2.24) is 5.32 Å². The molecule has 2 N–H and O–H groups in total. The molecule has 0 aromatic carbocycles. The van der Waals surface area contributed by atoms with E-state index >= 15 is 0 Å². The Balaban J connectivity index is 1.91. The first-order chi connectivity index (χ1) is 7.15. The molecule has 1 aliphatic carbocycles. The van der Waals surface area contributed by atoms with Crippen LogP contribution in [0, 0.1) is 10.1 Å². The van der Waals surface area contributed by atoms with Crippen molar-refractivity contribution in [1.29, 1.82) is 0 Å². The Hall–Kier alpha value is -0.980. The van der Waals surface area contributed by atoms with Crippen LogP contribution >= 0.6 is 11.3 Å². The van der Waals surface area contributed by atoms with Gasteiger partial charge in [0.05, 0.1) is 11.5 Å². The van der Waals surface area contributed by atoms with Crippen LogP contribution in [0.25, 0.3) is 0 Å². The minimum absolute atomic E-state index is 0.112. The highest BCUT2D eigenvalue weighted by Gasteiger charge is 2.41. The molecule has 1 fully saturated rings. The van der Waals surface area contributed by atoms with E-state index in [1.165, 1.54) is 17.4 Å². The van der Waals surface area contributed by atoms with E-state index in [0.717, 1.165) is 17.7 Å². The third-order valence-corrected chi connectivity index (χ3v) is 3.66. The molecule has 1 aliphatic rings. The summed E-state index contributed by atoms with van der Waals surface area (Å²) in [6.07, 6.45) is 1.97. The Kier molecular flexibility index (Phi) is 2.72. The van der Waals surface area contributed by atoms with Crippen LogP contribution in [-0.4, -0.2) is 22.2 Å². The maximum absolute atomic E-state index is 10.4. The number of aliphatic hydroxyl groups is 1. The molecular weight excluding hydrogens is 216 g/mol. The van der Waals surface area contributed by atoms with Crippen LogP contribution in [0.2, 0.25) is 0 Å². The molecule has 5 nitrogen and oxygen atoms in total. The number of thiophene rings is 1. The second-order valence-electron chi connectivity index (χ2n) is 3.79. The summed E-state index contributed by atoms with van der Waals surface area (Å²) in [7, 11) is 0. The number of nitrogens with one attached hydrogen (secondary N) is 1. The van der Waals surface area contributed by atoms with Crippen molar-refractivity contribution in [2.75, 3.05) is 6.61 Å². The predicted molar refractivity (Wildman–Crippen MR) is 56.9 cm³/mol. The lowest BCUT2D eigenvalue weighted by molar-refractivity contribution is -0.380. The molecule has 0 bridgehead atoms. The number of hydrogen-bond acceptors (Lipinski definition) is 5. The van der Waals surface area contributed by atoms with E-state index in [9.17, 15) is 10.1 Å². The topological polar surface area (TPSA) is 75.4 Å². The lowest BCUT2D eigenvalue weighted by Crippen LogP contribution is -2.33. The first kappa shape index (κ1) is 10.5. The van der Waals surface area contributed by atoms with Crippen molar-refractivity contribution in [2.45, 2.75) is 24.9 Å². The summed E-state index contributed by atoms with van der Waals surface area (Å²) >= 11 is 1.18. The Morgan fingerprint density at radius 1 is 1.60 bits per heavy atom. The van der Waals surface area contributed by atoms with E-state index in [0.29, 0.717) is 6.54 Å². The van der Waals surface area contributed by atoms with Crippen LogP contribution in [0.3, 0.4) is 0 Å². The predicted octanol–water partition coefficient (Wildman–Crippen LogP) is 1.27. The molecule has 6 heteroatoms. The van der Waals surface area contributed by atoms with Crippen molar-refractivity contribution in [2.24, 2.45) is 0 Å². The maximum Gasteiger partial charge on any atom is 0.324 e. The van der Waals surface area contributed by atoms with Crippen molar-refractivity contribution in [3.63, 3.8) is 0 Å². The highest BCUT2D eigenvalue weighted by molar-refractivity contribution is 7.15. The molecule has 0 radical (unpaired) electrons. The molecular formula is C9H12N2O3S. The molecule has 2 rings (SSSR count). The van der Waals surface area contributed by atoms with Crippen LogP contribution in [0.1, 0.15) is 17.7 Å². The van der Waals surface area contributed by atoms with Gasteiger partial charge in [-0.3, -0.25) is 10.1 Å². The van der Waals surface area contributed by atoms with Gasteiger partial charge in [0.25, 0.3) is 0 Å². The molecule has 15 heavy (non-hydrogen) atoms. The van der Waals surface area contributed by atoms with Crippen LogP contribution in [0.5, 0.6) is 0 Å². The van der Waals surface area contributed by atoms with E-state index < -0.39 is 0 Å². The van der Waals surface area contributed by atoms with E-state index in [1.54, 1.807) is 6.07 Å². The van der Waals surface area contributed by atoms with E-state index in [1.807, 2.05) is 0 Å². The summed E-state index contributed by atoms with van der Waals surface area (Å²) in [6.45, 7) is 0.736. The molecule has 0 aliphatic heterocycles. The second-order valence-corrected chi connectivity index (χ2v) is 4.94. The van der Waals surface area contributed by atoms with Crippen molar-refractivity contribution in [3.8, 4) is 0 Å². The number of nitro groups is 1. The molecule has 1 saturated carbocycles. The number of hydrogen-bond donors (Lipinski definition) is 2. The number of rotatable bonds is 5. The zero-order chi connectivity index (χ0) is 10.9. The lowest BCUT2D eigenvalue weighted by atomic mass is 10.3. The Labute approximate surface area is 90.9 Å².